The lowest BCUT2D eigenvalue weighted by Crippen LogP contribution is -2.25. The van der Waals surface area contributed by atoms with Crippen LogP contribution in [0.25, 0.3) is 0 Å². The van der Waals surface area contributed by atoms with Gasteiger partial charge in [0.25, 0.3) is 5.91 Å². The summed E-state index contributed by atoms with van der Waals surface area (Å²) >= 11 is 0. The smallest absolute Gasteiger partial charge is 0.287 e. The molecule has 1 aromatic heterocycles. The number of halogens is 1. The summed E-state index contributed by atoms with van der Waals surface area (Å²) in [7, 11) is 0. The highest BCUT2D eigenvalue weighted by Crippen LogP contribution is 2.15. The van der Waals surface area contributed by atoms with Crippen LogP contribution in [0, 0.1) is 18.2 Å². The lowest BCUT2D eigenvalue weighted by Gasteiger charge is -2.06. The van der Waals surface area contributed by atoms with Gasteiger partial charge in [-0.3, -0.25) is 4.79 Å². The fourth-order valence-electron chi connectivity index (χ4n) is 2.55. The third-order valence-corrected chi connectivity index (χ3v) is 4.02. The molecule has 1 amide bonds. The van der Waals surface area contributed by atoms with Crippen molar-refractivity contribution in [3.8, 4) is 23.8 Å². The maximum absolute atomic E-state index is 12.9. The summed E-state index contributed by atoms with van der Waals surface area (Å²) in [6, 6.07) is 16.5. The quantitative estimate of drug-likeness (QED) is 0.559. The zero-order valence-corrected chi connectivity index (χ0v) is 15.7. The molecule has 29 heavy (non-hydrogen) atoms. The zero-order chi connectivity index (χ0) is 20.5. The Kier molecular flexibility index (Phi) is 6.90. The van der Waals surface area contributed by atoms with Crippen molar-refractivity contribution in [2.45, 2.75) is 13.0 Å². The molecule has 6 heteroatoms. The molecule has 0 aliphatic heterocycles. The number of amides is 1. The van der Waals surface area contributed by atoms with Crippen LogP contribution in [0.2, 0.25) is 0 Å². The van der Waals surface area contributed by atoms with Gasteiger partial charge in [0.15, 0.2) is 5.76 Å². The molecule has 3 rings (SSSR count). The van der Waals surface area contributed by atoms with Gasteiger partial charge in [-0.25, -0.2) is 4.39 Å². The van der Waals surface area contributed by atoms with Gasteiger partial charge < -0.3 is 19.2 Å². The van der Waals surface area contributed by atoms with Crippen molar-refractivity contribution in [2.24, 2.45) is 0 Å². The summed E-state index contributed by atoms with van der Waals surface area (Å²) in [4.78, 5) is 12.2. The van der Waals surface area contributed by atoms with E-state index >= 15 is 0 Å². The minimum Gasteiger partial charge on any atom is -0.486 e. The topological polar surface area (TPSA) is 60.7 Å². The minimum atomic E-state index is -0.331. The second kappa shape index (κ2) is 10.00. The number of carbonyl (C=O) groups excluding carboxylic acids is 1. The first-order valence-corrected chi connectivity index (χ1v) is 9.04. The van der Waals surface area contributed by atoms with E-state index in [0.717, 1.165) is 5.56 Å². The molecule has 148 valence electrons. The Labute approximate surface area is 168 Å². The second-order valence-corrected chi connectivity index (χ2v) is 6.15. The van der Waals surface area contributed by atoms with E-state index in [0.29, 0.717) is 30.2 Å². The van der Waals surface area contributed by atoms with Crippen molar-refractivity contribution in [3.63, 3.8) is 0 Å². The van der Waals surface area contributed by atoms with E-state index in [1.54, 1.807) is 12.1 Å². The lowest BCUT2D eigenvalue weighted by atomic mass is 10.1. The molecule has 0 aliphatic rings. The third kappa shape index (κ3) is 6.15. The molecule has 0 spiro atoms. The molecule has 0 radical (unpaired) electrons. The second-order valence-electron chi connectivity index (χ2n) is 6.15. The molecular formula is C23H20FNO4. The molecule has 0 unspecified atom stereocenters. The number of furan rings is 1. The molecule has 3 aromatic rings. The van der Waals surface area contributed by atoms with Crippen molar-refractivity contribution in [2.75, 3.05) is 13.2 Å². The first kappa shape index (κ1) is 20.0. The van der Waals surface area contributed by atoms with Gasteiger partial charge >= 0.3 is 0 Å². The first-order chi connectivity index (χ1) is 14.1. The molecule has 0 saturated heterocycles. The Balaban J connectivity index is 1.42. The van der Waals surface area contributed by atoms with E-state index in [2.05, 4.69) is 11.2 Å². The van der Waals surface area contributed by atoms with E-state index in [-0.39, 0.29) is 30.7 Å². The number of hydrogen-bond donors (Lipinski definition) is 1. The number of terminal acetylenes is 1. The van der Waals surface area contributed by atoms with Crippen molar-refractivity contribution in [1.82, 2.24) is 5.32 Å². The van der Waals surface area contributed by atoms with Crippen LogP contribution in [0.4, 0.5) is 4.39 Å². The molecule has 5 nitrogen and oxygen atoms in total. The molecule has 1 heterocycles. The zero-order valence-electron chi connectivity index (χ0n) is 15.7. The minimum absolute atomic E-state index is 0.146. The van der Waals surface area contributed by atoms with E-state index in [1.165, 1.54) is 24.3 Å². The molecule has 1 N–H and O–H groups in total. The summed E-state index contributed by atoms with van der Waals surface area (Å²) in [5.74, 6) is 3.72. The van der Waals surface area contributed by atoms with Crippen molar-refractivity contribution >= 4 is 5.91 Å². The molecule has 0 atom stereocenters. The number of hydrogen-bond acceptors (Lipinski definition) is 4. The van der Waals surface area contributed by atoms with Crippen LogP contribution in [0.15, 0.2) is 65.1 Å². The summed E-state index contributed by atoms with van der Waals surface area (Å²) in [6.07, 6.45) is 5.82. The Morgan fingerprint density at radius 3 is 2.41 bits per heavy atom. The Morgan fingerprint density at radius 1 is 1.00 bits per heavy atom. The van der Waals surface area contributed by atoms with Crippen LogP contribution < -0.4 is 14.8 Å². The van der Waals surface area contributed by atoms with Crippen molar-refractivity contribution < 1.29 is 23.1 Å². The van der Waals surface area contributed by atoms with Crippen LogP contribution in [0.1, 0.15) is 21.9 Å². The normalized spacial score (nSPS) is 10.2. The predicted molar refractivity (Wildman–Crippen MR) is 106 cm³/mol. The Morgan fingerprint density at radius 2 is 1.69 bits per heavy atom. The Hall–Kier alpha value is -3.72. The molecular weight excluding hydrogens is 373 g/mol. The van der Waals surface area contributed by atoms with Gasteiger partial charge in [-0.1, -0.05) is 18.1 Å². The lowest BCUT2D eigenvalue weighted by molar-refractivity contribution is 0.0922. The van der Waals surface area contributed by atoms with Gasteiger partial charge in [-0.2, -0.15) is 0 Å². The predicted octanol–water partition coefficient (Wildman–Crippen LogP) is 3.98. The maximum Gasteiger partial charge on any atom is 0.287 e. The summed E-state index contributed by atoms with van der Waals surface area (Å²) in [5.41, 5.74) is 1.06. The number of nitrogens with one attached hydrogen (secondary N) is 1. The largest absolute Gasteiger partial charge is 0.486 e. The monoisotopic (exact) mass is 393 g/mol. The number of benzene rings is 2. The third-order valence-electron chi connectivity index (χ3n) is 4.02. The molecule has 0 saturated carbocycles. The summed E-state index contributed by atoms with van der Waals surface area (Å²) in [5, 5.41) is 2.82. The van der Waals surface area contributed by atoms with Crippen molar-refractivity contribution in [3.05, 3.63) is 83.6 Å². The van der Waals surface area contributed by atoms with Crippen LogP contribution in [-0.2, 0) is 13.0 Å². The van der Waals surface area contributed by atoms with Crippen LogP contribution in [-0.4, -0.2) is 19.1 Å². The van der Waals surface area contributed by atoms with Crippen LogP contribution in [0.5, 0.6) is 11.5 Å². The molecule has 0 bridgehead atoms. The van der Waals surface area contributed by atoms with E-state index < -0.39 is 0 Å². The fourth-order valence-corrected chi connectivity index (χ4v) is 2.55. The Bertz CT molecular complexity index is 971. The standard InChI is InChI=1S/C23H20FNO4/c1-2-15-27-19-7-3-17(4-8-19)13-14-25-23(26)22-12-11-21(29-22)16-28-20-9-5-18(24)6-10-20/h1,3-12H,13-16H2,(H,25,26). The van der Waals surface area contributed by atoms with Gasteiger partial charge in [0.05, 0.1) is 0 Å². The average molecular weight is 393 g/mol. The van der Waals surface area contributed by atoms with Gasteiger partial charge in [0.1, 0.15) is 36.3 Å². The van der Waals surface area contributed by atoms with E-state index in [9.17, 15) is 9.18 Å². The van der Waals surface area contributed by atoms with E-state index in [1.807, 2.05) is 24.3 Å². The fraction of sp³-hybridized carbons (Fsp3) is 0.174. The number of carbonyl (C=O) groups is 1. The highest BCUT2D eigenvalue weighted by Gasteiger charge is 2.11. The highest BCUT2D eigenvalue weighted by atomic mass is 19.1. The van der Waals surface area contributed by atoms with Crippen LogP contribution in [0.3, 0.4) is 0 Å². The maximum atomic E-state index is 12.9. The summed E-state index contributed by atoms with van der Waals surface area (Å²) in [6.45, 7) is 0.841. The van der Waals surface area contributed by atoms with Gasteiger partial charge in [0.2, 0.25) is 0 Å². The van der Waals surface area contributed by atoms with Gasteiger partial charge in [-0.15, -0.1) is 6.42 Å². The number of ether oxygens (including phenoxy) is 2. The highest BCUT2D eigenvalue weighted by molar-refractivity contribution is 5.91. The van der Waals surface area contributed by atoms with Gasteiger partial charge in [0, 0.05) is 6.54 Å². The summed E-state index contributed by atoms with van der Waals surface area (Å²) < 4.78 is 29.2. The van der Waals surface area contributed by atoms with Crippen LogP contribution >= 0.6 is 0 Å². The number of rotatable bonds is 9. The first-order valence-electron chi connectivity index (χ1n) is 9.04. The molecule has 0 aliphatic carbocycles. The van der Waals surface area contributed by atoms with Gasteiger partial charge in [-0.05, 0) is 60.5 Å². The van der Waals surface area contributed by atoms with Crippen molar-refractivity contribution in [1.29, 1.82) is 0 Å². The van der Waals surface area contributed by atoms with E-state index in [4.69, 9.17) is 20.3 Å². The SMILES string of the molecule is C#CCOc1ccc(CCNC(=O)c2ccc(COc3ccc(F)cc3)o2)cc1. The molecule has 2 aromatic carbocycles. The average Bonchev–Trinajstić information content (AvgIpc) is 3.22. The molecule has 0 fully saturated rings.